The fraction of sp³-hybridized carbons (Fsp3) is 1.00. The SMILES string of the molecule is CCI.[SiH4]. The number of halogens is 1. The highest BCUT2D eigenvalue weighted by molar-refractivity contribution is 14.1. The molecule has 0 radical (unpaired) electrons. The molecule has 4 heavy (non-hydrogen) atoms. The maximum absolute atomic E-state index is 2.29. The Morgan fingerprint density at radius 3 is 1.75 bits per heavy atom. The Morgan fingerprint density at radius 1 is 1.75 bits per heavy atom. The molecule has 0 amide bonds. The molecule has 0 aromatic rings. The molecule has 0 unspecified atom stereocenters. The van der Waals surface area contributed by atoms with Crippen LogP contribution >= 0.6 is 22.6 Å². The van der Waals surface area contributed by atoms with Gasteiger partial charge in [-0.3, -0.25) is 0 Å². The van der Waals surface area contributed by atoms with Gasteiger partial charge in [-0.25, -0.2) is 0 Å². The molecular weight excluding hydrogens is 179 g/mol. The molecule has 0 aliphatic heterocycles. The summed E-state index contributed by atoms with van der Waals surface area (Å²) >= 11 is 2.29. The third kappa shape index (κ3) is 12.5. The van der Waals surface area contributed by atoms with Crippen molar-refractivity contribution in [2.24, 2.45) is 0 Å². The molecule has 0 fully saturated rings. The van der Waals surface area contributed by atoms with Crippen LogP contribution in [-0.2, 0) is 0 Å². The molecule has 0 aliphatic rings. The van der Waals surface area contributed by atoms with Crippen molar-refractivity contribution in [1.29, 1.82) is 0 Å². The van der Waals surface area contributed by atoms with Crippen molar-refractivity contribution in [2.75, 3.05) is 4.43 Å². The first-order valence-electron chi connectivity index (χ1n) is 0.974. The summed E-state index contributed by atoms with van der Waals surface area (Å²) in [6.45, 7) is 2.11. The van der Waals surface area contributed by atoms with Crippen molar-refractivity contribution >= 4 is 33.6 Å². The molecule has 0 atom stereocenters. The van der Waals surface area contributed by atoms with Crippen molar-refractivity contribution in [2.45, 2.75) is 6.92 Å². The summed E-state index contributed by atoms with van der Waals surface area (Å²) in [5, 5.41) is 0. The molecule has 0 aromatic heterocycles. The van der Waals surface area contributed by atoms with E-state index in [4.69, 9.17) is 0 Å². The second-order valence-corrected chi connectivity index (χ2v) is 1.79. The van der Waals surface area contributed by atoms with E-state index in [-0.39, 0.29) is 11.0 Å². The predicted octanol–water partition coefficient (Wildman–Crippen LogP) is -0.0103. The summed E-state index contributed by atoms with van der Waals surface area (Å²) in [5.41, 5.74) is 0. The van der Waals surface area contributed by atoms with Crippen LogP contribution in [0.5, 0.6) is 0 Å². The van der Waals surface area contributed by atoms with E-state index < -0.39 is 0 Å². The van der Waals surface area contributed by atoms with Crippen LogP contribution in [0.3, 0.4) is 0 Å². The van der Waals surface area contributed by atoms with Gasteiger partial charge in [-0.2, -0.15) is 0 Å². The quantitative estimate of drug-likeness (QED) is 0.285. The fourth-order valence-corrected chi connectivity index (χ4v) is 0. The van der Waals surface area contributed by atoms with Crippen molar-refractivity contribution in [3.8, 4) is 0 Å². The summed E-state index contributed by atoms with van der Waals surface area (Å²) in [7, 11) is 0. The lowest BCUT2D eigenvalue weighted by molar-refractivity contribution is 1.58. The fourth-order valence-electron chi connectivity index (χ4n) is 0. The second kappa shape index (κ2) is 9.04. The van der Waals surface area contributed by atoms with Crippen LogP contribution in [0.1, 0.15) is 6.92 Å². The molecule has 0 N–H and O–H groups in total. The Hall–Kier alpha value is 0.947. The van der Waals surface area contributed by atoms with Gasteiger partial charge in [-0.1, -0.05) is 29.5 Å². The lowest BCUT2D eigenvalue weighted by Gasteiger charge is -1.45. The van der Waals surface area contributed by atoms with E-state index in [0.717, 1.165) is 0 Å². The number of hydrogen-bond acceptors (Lipinski definition) is 0. The normalized spacial score (nSPS) is 4.50. The number of rotatable bonds is 0. The first-order valence-corrected chi connectivity index (χ1v) is 2.50. The van der Waals surface area contributed by atoms with Crippen LogP contribution in [0, 0.1) is 0 Å². The second-order valence-electron chi connectivity index (χ2n) is 0.267. The lowest BCUT2D eigenvalue weighted by atomic mass is 11.0. The van der Waals surface area contributed by atoms with Gasteiger partial charge in [0.2, 0.25) is 0 Å². The standard InChI is InChI=1S/C2H5I.H4Si/c1-2-3;/h2H2,1H3;1H4. The molecule has 0 spiro atoms. The van der Waals surface area contributed by atoms with Crippen LogP contribution in [0.25, 0.3) is 0 Å². The van der Waals surface area contributed by atoms with Crippen LogP contribution < -0.4 is 0 Å². The van der Waals surface area contributed by atoms with E-state index in [0.29, 0.717) is 0 Å². The van der Waals surface area contributed by atoms with E-state index in [1.165, 1.54) is 4.43 Å². The maximum Gasteiger partial charge on any atom is -0.00332 e. The van der Waals surface area contributed by atoms with Crippen molar-refractivity contribution in [3.63, 3.8) is 0 Å². The van der Waals surface area contributed by atoms with E-state index in [1.54, 1.807) is 0 Å². The maximum atomic E-state index is 2.29. The van der Waals surface area contributed by atoms with Gasteiger partial charge in [0.25, 0.3) is 0 Å². The summed E-state index contributed by atoms with van der Waals surface area (Å²) in [6, 6.07) is 0. The van der Waals surface area contributed by atoms with Gasteiger partial charge in [-0.15, -0.1) is 0 Å². The smallest absolute Gasteiger partial charge is 0.00332 e. The number of alkyl halides is 1. The Kier molecular flexibility index (Phi) is 20.1. The summed E-state index contributed by atoms with van der Waals surface area (Å²) in [6.07, 6.45) is 0. The van der Waals surface area contributed by atoms with E-state index in [1.807, 2.05) is 0 Å². The van der Waals surface area contributed by atoms with E-state index >= 15 is 0 Å². The van der Waals surface area contributed by atoms with Gasteiger partial charge in [0, 0.05) is 0 Å². The van der Waals surface area contributed by atoms with Crippen LogP contribution in [0.2, 0.25) is 0 Å². The zero-order chi connectivity index (χ0) is 2.71. The Bertz CT molecular complexity index is 6.00. The summed E-state index contributed by atoms with van der Waals surface area (Å²) in [4.78, 5) is 0. The molecule has 0 bridgehead atoms. The first-order chi connectivity index (χ1) is 1.41. The van der Waals surface area contributed by atoms with E-state index in [2.05, 4.69) is 29.5 Å². The first kappa shape index (κ1) is 8.87. The molecule has 0 heterocycles. The van der Waals surface area contributed by atoms with Crippen molar-refractivity contribution in [1.82, 2.24) is 0 Å². The minimum Gasteiger partial charge on any atom is -0.0867 e. The molecule has 0 nitrogen and oxygen atoms in total. The van der Waals surface area contributed by atoms with Gasteiger partial charge in [0.1, 0.15) is 0 Å². The molecule has 0 aliphatic carbocycles. The highest BCUT2D eigenvalue weighted by atomic mass is 127. The molecule has 0 aromatic carbocycles. The molecule has 0 saturated heterocycles. The molecule has 2 heteroatoms. The molecule has 0 rings (SSSR count). The minimum atomic E-state index is 0. The van der Waals surface area contributed by atoms with Crippen molar-refractivity contribution < 1.29 is 0 Å². The zero-order valence-electron chi connectivity index (χ0n) is 2.09. The topological polar surface area (TPSA) is 0 Å². The third-order valence-electron chi connectivity index (χ3n) is 0. The van der Waals surface area contributed by atoms with Crippen LogP contribution in [-0.4, -0.2) is 15.4 Å². The molecule has 0 saturated carbocycles. The van der Waals surface area contributed by atoms with Crippen LogP contribution in [0.4, 0.5) is 0 Å². The summed E-state index contributed by atoms with van der Waals surface area (Å²) < 4.78 is 1.22. The average Bonchev–Trinajstić information content (AvgIpc) is 0.918. The predicted molar refractivity (Wildman–Crippen MR) is 35.9 cm³/mol. The Morgan fingerprint density at radius 2 is 1.75 bits per heavy atom. The number of hydrogen-bond donors (Lipinski definition) is 0. The van der Waals surface area contributed by atoms with E-state index in [9.17, 15) is 0 Å². The monoisotopic (exact) mass is 188 g/mol. The highest BCUT2D eigenvalue weighted by Gasteiger charge is 1.38. The van der Waals surface area contributed by atoms with Gasteiger partial charge < -0.3 is 0 Å². The Labute approximate surface area is 45.1 Å². The van der Waals surface area contributed by atoms with Gasteiger partial charge >= 0.3 is 0 Å². The zero-order valence-corrected chi connectivity index (χ0v) is 4.24. The minimum absolute atomic E-state index is 0. The van der Waals surface area contributed by atoms with Gasteiger partial charge in [0.15, 0.2) is 0 Å². The molecular formula is C2H9ISi. The van der Waals surface area contributed by atoms with Crippen molar-refractivity contribution in [3.05, 3.63) is 0 Å². The van der Waals surface area contributed by atoms with Gasteiger partial charge in [-0.05, 0) is 15.4 Å². The van der Waals surface area contributed by atoms with Gasteiger partial charge in [0.05, 0.1) is 0 Å². The average molecular weight is 188 g/mol. The lowest BCUT2D eigenvalue weighted by Crippen LogP contribution is -1.33. The third-order valence-corrected chi connectivity index (χ3v) is 0. The molecule has 28 valence electrons. The summed E-state index contributed by atoms with van der Waals surface area (Å²) in [5.74, 6) is 0. The Balaban J connectivity index is 0. The van der Waals surface area contributed by atoms with Crippen LogP contribution in [0.15, 0.2) is 0 Å². The largest absolute Gasteiger partial charge is 0.0867 e. The highest BCUT2D eigenvalue weighted by Crippen LogP contribution is 1.69.